The van der Waals surface area contributed by atoms with Gasteiger partial charge < -0.3 is 15.2 Å². The van der Waals surface area contributed by atoms with Crippen molar-refractivity contribution in [2.24, 2.45) is 5.73 Å². The molecule has 0 fully saturated rings. The van der Waals surface area contributed by atoms with E-state index in [0.29, 0.717) is 0 Å². The summed E-state index contributed by atoms with van der Waals surface area (Å²) in [7, 11) is 0. The summed E-state index contributed by atoms with van der Waals surface area (Å²) in [5.74, 6) is 0.456. The van der Waals surface area contributed by atoms with E-state index in [1.807, 2.05) is 39.8 Å². The summed E-state index contributed by atoms with van der Waals surface area (Å²) in [6.45, 7) is 7.77. The molecular weight excluding hydrogens is 254 g/mol. The van der Waals surface area contributed by atoms with Gasteiger partial charge in [0.1, 0.15) is 0 Å². The van der Waals surface area contributed by atoms with Crippen LogP contribution in [0.25, 0.3) is 6.08 Å². The first kappa shape index (κ1) is 14.2. The van der Waals surface area contributed by atoms with E-state index in [1.165, 1.54) is 6.08 Å². The molecule has 1 aromatic carbocycles. The molecule has 0 atom stereocenters. The normalized spacial score (nSPS) is 16.2. The Bertz CT molecular complexity index is 613. The second-order valence-electron chi connectivity index (χ2n) is 5.28. The van der Waals surface area contributed by atoms with Crippen molar-refractivity contribution in [3.05, 3.63) is 41.0 Å². The topological polar surface area (TPSA) is 61.6 Å². The third kappa shape index (κ3) is 2.85. The van der Waals surface area contributed by atoms with E-state index in [2.05, 4.69) is 0 Å². The highest BCUT2D eigenvalue weighted by Crippen LogP contribution is 2.44. The number of primary amides is 1. The molecule has 2 N–H and O–H groups in total. The molecule has 1 aliphatic heterocycles. The minimum atomic E-state index is -0.631. The van der Waals surface area contributed by atoms with E-state index in [4.69, 9.17) is 15.2 Å². The Labute approximate surface area is 118 Å². The van der Waals surface area contributed by atoms with E-state index in [0.717, 1.165) is 28.2 Å². The van der Waals surface area contributed by atoms with Crippen molar-refractivity contribution >= 4 is 12.0 Å². The van der Waals surface area contributed by atoms with Crippen LogP contribution >= 0.6 is 0 Å². The SMILES string of the molecule is Cc1cc2c(c(C)c1C=CC=CC(N)=O)OC(C)(C)O2. The summed E-state index contributed by atoms with van der Waals surface area (Å²) in [5, 5.41) is 0. The molecule has 20 heavy (non-hydrogen) atoms. The van der Waals surface area contributed by atoms with Crippen molar-refractivity contribution < 1.29 is 14.3 Å². The number of fused-ring (bicyclic) bond motifs is 1. The Morgan fingerprint density at radius 3 is 2.60 bits per heavy atom. The third-order valence-electron chi connectivity index (χ3n) is 3.08. The summed E-state index contributed by atoms with van der Waals surface area (Å²) in [6, 6.07) is 1.97. The van der Waals surface area contributed by atoms with Crippen LogP contribution in [0.3, 0.4) is 0 Å². The first-order valence-electron chi connectivity index (χ1n) is 6.46. The fourth-order valence-electron chi connectivity index (χ4n) is 2.24. The first-order chi connectivity index (χ1) is 9.30. The lowest BCUT2D eigenvalue weighted by atomic mass is 10.0. The molecule has 0 saturated carbocycles. The molecule has 2 rings (SSSR count). The lowest BCUT2D eigenvalue weighted by Crippen LogP contribution is -2.29. The second kappa shape index (κ2) is 5.04. The number of amides is 1. The molecule has 0 radical (unpaired) electrons. The average Bonchev–Trinajstić information content (AvgIpc) is 2.62. The van der Waals surface area contributed by atoms with Gasteiger partial charge in [-0.3, -0.25) is 4.79 Å². The molecule has 1 aliphatic rings. The Morgan fingerprint density at radius 1 is 1.25 bits per heavy atom. The zero-order valence-electron chi connectivity index (χ0n) is 12.2. The fraction of sp³-hybridized carbons (Fsp3) is 0.312. The maximum absolute atomic E-state index is 10.6. The number of carbonyl (C=O) groups is 1. The van der Waals surface area contributed by atoms with Crippen molar-refractivity contribution in [3.8, 4) is 11.5 Å². The van der Waals surface area contributed by atoms with Crippen LogP contribution in [0, 0.1) is 13.8 Å². The molecule has 106 valence electrons. The van der Waals surface area contributed by atoms with Crippen LogP contribution in [-0.4, -0.2) is 11.7 Å². The molecule has 0 bridgehead atoms. The van der Waals surface area contributed by atoms with Gasteiger partial charge in [0.2, 0.25) is 11.7 Å². The minimum Gasteiger partial charge on any atom is -0.449 e. The van der Waals surface area contributed by atoms with Crippen LogP contribution in [0.15, 0.2) is 24.3 Å². The number of ether oxygens (including phenoxy) is 2. The monoisotopic (exact) mass is 273 g/mol. The van der Waals surface area contributed by atoms with Crippen molar-refractivity contribution in [1.29, 1.82) is 0 Å². The number of hydrogen-bond acceptors (Lipinski definition) is 3. The van der Waals surface area contributed by atoms with Gasteiger partial charge >= 0.3 is 0 Å². The number of allylic oxidation sites excluding steroid dienone is 2. The molecule has 1 heterocycles. The Balaban J connectivity index is 2.35. The van der Waals surface area contributed by atoms with Crippen molar-refractivity contribution in [1.82, 2.24) is 0 Å². The molecule has 0 spiro atoms. The van der Waals surface area contributed by atoms with Gasteiger partial charge in [0.15, 0.2) is 11.5 Å². The number of carbonyl (C=O) groups excluding carboxylic acids is 1. The lowest BCUT2D eigenvalue weighted by molar-refractivity contribution is -0.113. The van der Waals surface area contributed by atoms with E-state index >= 15 is 0 Å². The summed E-state index contributed by atoms with van der Waals surface area (Å²) in [4.78, 5) is 10.6. The second-order valence-corrected chi connectivity index (χ2v) is 5.28. The maximum Gasteiger partial charge on any atom is 0.246 e. The van der Waals surface area contributed by atoms with Gasteiger partial charge in [-0.15, -0.1) is 0 Å². The van der Waals surface area contributed by atoms with Crippen LogP contribution in [0.2, 0.25) is 0 Å². The van der Waals surface area contributed by atoms with Gasteiger partial charge in [-0.1, -0.05) is 18.2 Å². The highest BCUT2D eigenvalue weighted by molar-refractivity contribution is 5.86. The molecule has 1 aromatic rings. The molecule has 0 aromatic heterocycles. The highest BCUT2D eigenvalue weighted by Gasteiger charge is 2.33. The van der Waals surface area contributed by atoms with Crippen LogP contribution in [0.4, 0.5) is 0 Å². The van der Waals surface area contributed by atoms with E-state index in [1.54, 1.807) is 12.2 Å². The molecule has 0 aliphatic carbocycles. The van der Waals surface area contributed by atoms with Crippen LogP contribution < -0.4 is 15.2 Å². The Hall–Kier alpha value is -2.23. The summed E-state index contributed by atoms with van der Waals surface area (Å²) < 4.78 is 11.6. The number of rotatable bonds is 3. The molecule has 1 amide bonds. The predicted octanol–water partition coefficient (Wildman–Crippen LogP) is 2.87. The van der Waals surface area contributed by atoms with Gasteiger partial charge in [0.25, 0.3) is 0 Å². The van der Waals surface area contributed by atoms with E-state index < -0.39 is 11.7 Å². The van der Waals surface area contributed by atoms with Crippen molar-refractivity contribution in [2.75, 3.05) is 0 Å². The first-order valence-corrected chi connectivity index (χ1v) is 6.46. The predicted molar refractivity (Wildman–Crippen MR) is 78.6 cm³/mol. The third-order valence-corrected chi connectivity index (χ3v) is 3.08. The molecule has 0 saturated heterocycles. The van der Waals surface area contributed by atoms with Gasteiger partial charge in [0, 0.05) is 25.5 Å². The van der Waals surface area contributed by atoms with Crippen LogP contribution in [0.1, 0.15) is 30.5 Å². The van der Waals surface area contributed by atoms with Crippen LogP contribution in [0.5, 0.6) is 11.5 Å². The molecular formula is C16H19NO3. The lowest BCUT2D eigenvalue weighted by Gasteiger charge is -2.16. The number of nitrogens with two attached hydrogens (primary N) is 1. The zero-order valence-corrected chi connectivity index (χ0v) is 12.2. The Kier molecular flexibility index (Phi) is 3.57. The smallest absolute Gasteiger partial charge is 0.246 e. The highest BCUT2D eigenvalue weighted by atomic mass is 16.7. The number of aryl methyl sites for hydroxylation is 1. The molecule has 4 nitrogen and oxygen atoms in total. The van der Waals surface area contributed by atoms with Crippen molar-refractivity contribution in [3.63, 3.8) is 0 Å². The average molecular weight is 273 g/mol. The van der Waals surface area contributed by atoms with Gasteiger partial charge in [-0.05, 0) is 31.0 Å². The zero-order chi connectivity index (χ0) is 14.9. The molecule has 4 heteroatoms. The summed E-state index contributed by atoms with van der Waals surface area (Å²) in [5.41, 5.74) is 8.21. The largest absolute Gasteiger partial charge is 0.449 e. The number of benzene rings is 1. The van der Waals surface area contributed by atoms with E-state index in [-0.39, 0.29) is 0 Å². The maximum atomic E-state index is 10.6. The van der Waals surface area contributed by atoms with Gasteiger partial charge in [-0.2, -0.15) is 0 Å². The summed E-state index contributed by atoms with van der Waals surface area (Å²) in [6.07, 6.45) is 6.65. The van der Waals surface area contributed by atoms with Gasteiger partial charge in [-0.25, -0.2) is 0 Å². The van der Waals surface area contributed by atoms with E-state index in [9.17, 15) is 4.79 Å². The Morgan fingerprint density at radius 2 is 1.95 bits per heavy atom. The van der Waals surface area contributed by atoms with Crippen LogP contribution in [-0.2, 0) is 4.79 Å². The van der Waals surface area contributed by atoms with Crippen molar-refractivity contribution in [2.45, 2.75) is 33.5 Å². The number of hydrogen-bond donors (Lipinski definition) is 1. The minimum absolute atomic E-state index is 0.462. The molecule has 0 unspecified atom stereocenters. The quantitative estimate of drug-likeness (QED) is 0.680. The van der Waals surface area contributed by atoms with Gasteiger partial charge in [0.05, 0.1) is 0 Å². The summed E-state index contributed by atoms with van der Waals surface area (Å²) >= 11 is 0. The standard InChI is InChI=1S/C16H19NO3/c1-10-9-13-15(20-16(3,4)19-13)11(2)12(10)7-5-6-8-14(17)18/h5-9H,1-4H3,(H2,17,18). The fourth-order valence-corrected chi connectivity index (χ4v) is 2.24.